The van der Waals surface area contributed by atoms with Crippen LogP contribution in [0.2, 0.25) is 0 Å². The Hall–Kier alpha value is -2.78. The van der Waals surface area contributed by atoms with Crippen LogP contribution in [0.1, 0.15) is 21.8 Å². The summed E-state index contributed by atoms with van der Waals surface area (Å²) in [5.41, 5.74) is 2.24. The summed E-state index contributed by atoms with van der Waals surface area (Å²) in [5.74, 6) is 0.0581. The Labute approximate surface area is 159 Å². The van der Waals surface area contributed by atoms with Gasteiger partial charge in [0, 0.05) is 13.2 Å². The fourth-order valence-electron chi connectivity index (χ4n) is 2.29. The first kappa shape index (κ1) is 19.0. The maximum absolute atomic E-state index is 12.1. The van der Waals surface area contributed by atoms with E-state index in [9.17, 15) is 9.59 Å². The lowest BCUT2D eigenvalue weighted by Crippen LogP contribution is -2.18. The van der Waals surface area contributed by atoms with Gasteiger partial charge in [0.05, 0.1) is 12.3 Å². The van der Waals surface area contributed by atoms with Crippen molar-refractivity contribution in [2.45, 2.75) is 27.1 Å². The quantitative estimate of drug-likeness (QED) is 0.571. The number of hydrogen-bond donors (Lipinski definition) is 0. The van der Waals surface area contributed by atoms with Crippen molar-refractivity contribution < 1.29 is 19.0 Å². The van der Waals surface area contributed by atoms with Gasteiger partial charge in [-0.15, -0.1) is 0 Å². The van der Waals surface area contributed by atoms with E-state index in [1.807, 2.05) is 26.0 Å². The summed E-state index contributed by atoms with van der Waals surface area (Å²) in [6.07, 6.45) is 0. The zero-order valence-electron chi connectivity index (χ0n) is 15.2. The van der Waals surface area contributed by atoms with Gasteiger partial charge >= 0.3 is 5.97 Å². The number of carbonyl (C=O) groups excluding carboxylic acids is 1. The van der Waals surface area contributed by atoms with E-state index in [4.69, 9.17) is 14.2 Å². The summed E-state index contributed by atoms with van der Waals surface area (Å²) < 4.78 is 16.8. The van der Waals surface area contributed by atoms with Crippen molar-refractivity contribution in [2.75, 3.05) is 13.7 Å². The lowest BCUT2D eigenvalue weighted by Gasteiger charge is -2.08. The molecule has 0 aliphatic heterocycles. The molecule has 0 spiro atoms. The zero-order chi connectivity index (χ0) is 19.4. The molecule has 27 heavy (non-hydrogen) atoms. The standard InChI is InChI=1S/C18H19N3O5S/c1-11-4-5-14(6-12(11)2)25-10-17(23)26-8-13-7-16(22)21-18(19-13)27-15(20-21)9-24-3/h4-7H,8-10H2,1-3H3. The van der Waals surface area contributed by atoms with E-state index in [-0.39, 0.29) is 18.8 Å². The van der Waals surface area contributed by atoms with Crippen LogP contribution < -0.4 is 10.3 Å². The minimum absolute atomic E-state index is 0.113. The lowest BCUT2D eigenvalue weighted by atomic mass is 10.1. The number of benzene rings is 1. The molecular weight excluding hydrogens is 370 g/mol. The maximum Gasteiger partial charge on any atom is 0.344 e. The van der Waals surface area contributed by atoms with Crippen molar-refractivity contribution in [1.82, 2.24) is 14.6 Å². The average molecular weight is 389 g/mol. The minimum Gasteiger partial charge on any atom is -0.482 e. The Balaban J connectivity index is 1.59. The predicted octanol–water partition coefficient (Wildman–Crippen LogP) is 2.04. The summed E-state index contributed by atoms with van der Waals surface area (Å²) in [5, 5.41) is 4.76. The molecule has 0 unspecified atom stereocenters. The van der Waals surface area contributed by atoms with Crippen molar-refractivity contribution in [3.63, 3.8) is 0 Å². The van der Waals surface area contributed by atoms with E-state index in [1.54, 1.807) is 13.2 Å². The van der Waals surface area contributed by atoms with Crippen molar-refractivity contribution in [3.05, 3.63) is 56.4 Å². The van der Waals surface area contributed by atoms with Gasteiger partial charge in [0.15, 0.2) is 6.61 Å². The first-order chi connectivity index (χ1) is 13.0. The topological polar surface area (TPSA) is 92.0 Å². The molecule has 2 aromatic heterocycles. The molecule has 0 amide bonds. The number of hydrogen-bond acceptors (Lipinski definition) is 8. The monoisotopic (exact) mass is 389 g/mol. The van der Waals surface area contributed by atoms with E-state index in [0.29, 0.717) is 28.0 Å². The van der Waals surface area contributed by atoms with Gasteiger partial charge in [-0.25, -0.2) is 9.78 Å². The molecule has 8 nitrogen and oxygen atoms in total. The largest absolute Gasteiger partial charge is 0.482 e. The molecule has 3 rings (SSSR count). The third kappa shape index (κ3) is 4.69. The molecule has 0 bridgehead atoms. The Bertz CT molecular complexity index is 1030. The first-order valence-corrected chi connectivity index (χ1v) is 9.01. The average Bonchev–Trinajstić information content (AvgIpc) is 3.04. The van der Waals surface area contributed by atoms with Gasteiger partial charge in [-0.05, 0) is 37.1 Å². The van der Waals surface area contributed by atoms with Crippen LogP contribution in [-0.4, -0.2) is 34.3 Å². The van der Waals surface area contributed by atoms with Gasteiger partial charge in [-0.1, -0.05) is 17.4 Å². The Morgan fingerprint density at radius 2 is 2.00 bits per heavy atom. The van der Waals surface area contributed by atoms with E-state index >= 15 is 0 Å². The highest BCUT2D eigenvalue weighted by Gasteiger charge is 2.11. The normalized spacial score (nSPS) is 10.9. The molecule has 1 aromatic carbocycles. The second kappa shape index (κ2) is 8.28. The molecule has 0 aliphatic rings. The van der Waals surface area contributed by atoms with Crippen molar-refractivity contribution in [3.8, 4) is 5.75 Å². The van der Waals surface area contributed by atoms with E-state index in [1.165, 1.54) is 21.9 Å². The summed E-state index contributed by atoms with van der Waals surface area (Å²) >= 11 is 1.24. The Kier molecular flexibility index (Phi) is 5.82. The Morgan fingerprint density at radius 3 is 2.74 bits per heavy atom. The molecule has 0 radical (unpaired) electrons. The van der Waals surface area contributed by atoms with Gasteiger partial charge in [-0.2, -0.15) is 9.61 Å². The summed E-state index contributed by atoms with van der Waals surface area (Å²) in [7, 11) is 1.55. The van der Waals surface area contributed by atoms with Gasteiger partial charge < -0.3 is 14.2 Å². The van der Waals surface area contributed by atoms with Crippen LogP contribution in [0.25, 0.3) is 4.96 Å². The zero-order valence-corrected chi connectivity index (χ0v) is 16.0. The first-order valence-electron chi connectivity index (χ1n) is 8.19. The number of aryl methyl sites for hydroxylation is 2. The smallest absolute Gasteiger partial charge is 0.344 e. The van der Waals surface area contributed by atoms with Crippen molar-refractivity contribution >= 4 is 22.3 Å². The highest BCUT2D eigenvalue weighted by Crippen LogP contribution is 2.16. The molecule has 3 aromatic rings. The number of carbonyl (C=O) groups is 1. The maximum atomic E-state index is 12.1. The van der Waals surface area contributed by atoms with Crippen LogP contribution >= 0.6 is 11.3 Å². The van der Waals surface area contributed by atoms with Crippen LogP contribution in [0.5, 0.6) is 5.75 Å². The molecule has 142 valence electrons. The SMILES string of the molecule is COCc1nn2c(=O)cc(COC(=O)COc3ccc(C)c(C)c3)nc2s1. The van der Waals surface area contributed by atoms with Crippen molar-refractivity contribution in [2.24, 2.45) is 0 Å². The molecule has 9 heteroatoms. The Morgan fingerprint density at radius 1 is 1.19 bits per heavy atom. The highest BCUT2D eigenvalue weighted by molar-refractivity contribution is 7.16. The second-order valence-corrected chi connectivity index (χ2v) is 6.94. The number of rotatable bonds is 7. The van der Waals surface area contributed by atoms with Gasteiger partial charge in [0.2, 0.25) is 4.96 Å². The molecule has 0 N–H and O–H groups in total. The van der Waals surface area contributed by atoms with Crippen LogP contribution in [0, 0.1) is 13.8 Å². The van der Waals surface area contributed by atoms with E-state index in [0.717, 1.165) is 11.1 Å². The fourth-order valence-corrected chi connectivity index (χ4v) is 3.18. The third-order valence-electron chi connectivity index (χ3n) is 3.82. The van der Waals surface area contributed by atoms with Gasteiger partial charge in [-0.3, -0.25) is 4.79 Å². The van der Waals surface area contributed by atoms with Gasteiger partial charge in [0.25, 0.3) is 5.56 Å². The summed E-state index contributed by atoms with van der Waals surface area (Å²) in [4.78, 5) is 28.7. The summed E-state index contributed by atoms with van der Waals surface area (Å²) in [6, 6.07) is 6.88. The number of esters is 1. The minimum atomic E-state index is -0.542. The third-order valence-corrected chi connectivity index (χ3v) is 4.71. The fraction of sp³-hybridized carbons (Fsp3) is 0.333. The molecule has 0 fully saturated rings. The van der Waals surface area contributed by atoms with Crippen LogP contribution in [0.4, 0.5) is 0 Å². The lowest BCUT2D eigenvalue weighted by molar-refractivity contribution is -0.147. The van der Waals surface area contributed by atoms with Gasteiger partial charge in [0.1, 0.15) is 17.4 Å². The number of aromatic nitrogens is 3. The predicted molar refractivity (Wildman–Crippen MR) is 99.1 cm³/mol. The van der Waals surface area contributed by atoms with Crippen LogP contribution in [0.15, 0.2) is 29.1 Å². The number of ether oxygens (including phenoxy) is 3. The molecule has 0 atom stereocenters. The number of fused-ring (bicyclic) bond motifs is 1. The van der Waals surface area contributed by atoms with Crippen LogP contribution in [0.3, 0.4) is 0 Å². The molecule has 0 aliphatic carbocycles. The van der Waals surface area contributed by atoms with E-state index < -0.39 is 5.97 Å². The molecule has 2 heterocycles. The molecule has 0 saturated carbocycles. The second-order valence-electron chi connectivity index (χ2n) is 5.90. The number of nitrogens with zero attached hydrogens (tertiary/aromatic N) is 3. The molecular formula is C18H19N3O5S. The molecule has 0 saturated heterocycles. The summed E-state index contributed by atoms with van der Waals surface area (Å²) in [6.45, 7) is 3.94. The van der Waals surface area contributed by atoms with Crippen LogP contribution in [-0.2, 0) is 27.5 Å². The van der Waals surface area contributed by atoms with E-state index in [2.05, 4.69) is 10.1 Å². The highest BCUT2D eigenvalue weighted by atomic mass is 32.1. The number of methoxy groups -OCH3 is 1. The van der Waals surface area contributed by atoms with Crippen molar-refractivity contribution in [1.29, 1.82) is 0 Å².